The third-order valence-corrected chi connectivity index (χ3v) is 4.71. The van der Waals surface area contributed by atoms with Crippen molar-refractivity contribution < 1.29 is 4.21 Å². The Morgan fingerprint density at radius 3 is 2.77 bits per heavy atom. The number of imidazole rings is 1. The van der Waals surface area contributed by atoms with Crippen LogP contribution in [0.1, 0.15) is 44.0 Å². The lowest BCUT2D eigenvalue weighted by Crippen LogP contribution is -2.05. The maximum Gasteiger partial charge on any atom is 0.151 e. The van der Waals surface area contributed by atoms with Gasteiger partial charge in [-0.1, -0.05) is 13.3 Å². The van der Waals surface area contributed by atoms with Gasteiger partial charge in [0.15, 0.2) is 5.82 Å². The average Bonchev–Trinajstić information content (AvgIpc) is 2.83. The molecule has 0 fully saturated rings. The predicted octanol–water partition coefficient (Wildman–Crippen LogP) is 2.82. The van der Waals surface area contributed by atoms with Crippen LogP contribution < -0.4 is 5.73 Å². The second-order valence-electron chi connectivity index (χ2n) is 5.79. The van der Waals surface area contributed by atoms with Crippen LogP contribution in [0.4, 0.5) is 5.82 Å². The predicted molar refractivity (Wildman–Crippen MR) is 93.5 cm³/mol. The first-order valence-corrected chi connectivity index (χ1v) is 9.67. The molecule has 5 nitrogen and oxygen atoms in total. The molecule has 0 bridgehead atoms. The number of unbranched alkanes of at least 4 members (excludes halogenated alkanes) is 2. The van der Waals surface area contributed by atoms with Gasteiger partial charge in [-0.3, -0.25) is 4.21 Å². The van der Waals surface area contributed by atoms with Gasteiger partial charge < -0.3 is 10.3 Å². The number of rotatable bonds is 8. The minimum absolute atomic E-state index is 0.512. The summed E-state index contributed by atoms with van der Waals surface area (Å²) in [5, 5.41) is 0. The van der Waals surface area contributed by atoms with E-state index in [0.29, 0.717) is 5.82 Å². The molecule has 0 aliphatic rings. The van der Waals surface area contributed by atoms with Crippen molar-refractivity contribution in [1.82, 2.24) is 14.5 Å². The SMILES string of the molecule is CCCc1nc2c(N)ncc(C)c2n1CCCCCS(C)=O. The summed E-state index contributed by atoms with van der Waals surface area (Å²) in [6, 6.07) is 0. The number of aromatic nitrogens is 3. The zero-order valence-corrected chi connectivity index (χ0v) is 14.6. The van der Waals surface area contributed by atoms with Crippen LogP contribution in [0.15, 0.2) is 6.20 Å². The first-order chi connectivity index (χ1) is 10.5. The molecular weight excluding hydrogens is 296 g/mol. The van der Waals surface area contributed by atoms with Crippen LogP contribution in [-0.4, -0.2) is 30.8 Å². The zero-order valence-electron chi connectivity index (χ0n) is 13.8. The first kappa shape index (κ1) is 16.9. The van der Waals surface area contributed by atoms with E-state index >= 15 is 0 Å². The summed E-state index contributed by atoms with van der Waals surface area (Å²) in [6.45, 7) is 5.16. The summed E-state index contributed by atoms with van der Waals surface area (Å²) in [5.74, 6) is 2.40. The van der Waals surface area contributed by atoms with Gasteiger partial charge in [0, 0.05) is 42.0 Å². The fourth-order valence-corrected chi connectivity index (χ4v) is 3.38. The minimum Gasteiger partial charge on any atom is -0.382 e. The van der Waals surface area contributed by atoms with Crippen LogP contribution >= 0.6 is 0 Å². The lowest BCUT2D eigenvalue weighted by Gasteiger charge is -2.10. The highest BCUT2D eigenvalue weighted by molar-refractivity contribution is 7.84. The second kappa shape index (κ2) is 7.72. The molecule has 2 N–H and O–H groups in total. The normalized spacial score (nSPS) is 12.9. The molecule has 2 aromatic heterocycles. The number of pyridine rings is 1. The zero-order chi connectivity index (χ0) is 16.1. The molecule has 22 heavy (non-hydrogen) atoms. The molecule has 122 valence electrons. The van der Waals surface area contributed by atoms with E-state index in [4.69, 9.17) is 10.7 Å². The summed E-state index contributed by atoms with van der Waals surface area (Å²) in [5.41, 5.74) is 9.06. The Balaban J connectivity index is 2.20. The molecule has 1 atom stereocenters. The van der Waals surface area contributed by atoms with Gasteiger partial charge in [0.2, 0.25) is 0 Å². The van der Waals surface area contributed by atoms with E-state index in [0.717, 1.165) is 66.8 Å². The topological polar surface area (TPSA) is 73.8 Å². The van der Waals surface area contributed by atoms with Crippen molar-refractivity contribution in [2.24, 2.45) is 0 Å². The molecular formula is C16H26N4OS. The lowest BCUT2D eigenvalue weighted by atomic mass is 10.2. The van der Waals surface area contributed by atoms with Crippen molar-refractivity contribution in [3.8, 4) is 0 Å². The van der Waals surface area contributed by atoms with Crippen molar-refractivity contribution in [3.05, 3.63) is 17.6 Å². The molecule has 0 spiro atoms. The summed E-state index contributed by atoms with van der Waals surface area (Å²) >= 11 is 0. The summed E-state index contributed by atoms with van der Waals surface area (Å²) < 4.78 is 13.4. The maximum atomic E-state index is 11.1. The van der Waals surface area contributed by atoms with Gasteiger partial charge in [-0.05, 0) is 31.7 Å². The molecule has 2 rings (SSSR count). The number of fused-ring (bicyclic) bond motifs is 1. The Bertz CT molecular complexity index is 666. The van der Waals surface area contributed by atoms with Crippen LogP contribution in [0.3, 0.4) is 0 Å². The quantitative estimate of drug-likeness (QED) is 0.758. The summed E-state index contributed by atoms with van der Waals surface area (Å²) in [6.07, 6.45) is 8.78. The molecule has 0 saturated heterocycles. The lowest BCUT2D eigenvalue weighted by molar-refractivity contribution is 0.587. The van der Waals surface area contributed by atoms with Crippen molar-refractivity contribution in [2.75, 3.05) is 17.7 Å². The molecule has 0 saturated carbocycles. The number of aryl methyl sites for hydroxylation is 3. The number of nitrogens with two attached hydrogens (primary N) is 1. The number of nitrogens with zero attached hydrogens (tertiary/aromatic N) is 3. The molecule has 2 heterocycles. The average molecular weight is 322 g/mol. The van der Waals surface area contributed by atoms with Gasteiger partial charge in [0.1, 0.15) is 11.3 Å². The van der Waals surface area contributed by atoms with E-state index in [2.05, 4.69) is 23.4 Å². The molecule has 0 aliphatic heterocycles. The smallest absolute Gasteiger partial charge is 0.151 e. The minimum atomic E-state index is -0.686. The molecule has 1 unspecified atom stereocenters. The van der Waals surface area contributed by atoms with E-state index in [9.17, 15) is 4.21 Å². The second-order valence-corrected chi connectivity index (χ2v) is 7.35. The fraction of sp³-hybridized carbons (Fsp3) is 0.625. The van der Waals surface area contributed by atoms with Gasteiger partial charge in [-0.2, -0.15) is 0 Å². The van der Waals surface area contributed by atoms with Crippen LogP contribution in [-0.2, 0) is 23.8 Å². The van der Waals surface area contributed by atoms with Gasteiger partial charge >= 0.3 is 0 Å². The van der Waals surface area contributed by atoms with Crippen molar-refractivity contribution in [3.63, 3.8) is 0 Å². The Hall–Kier alpha value is -1.43. The van der Waals surface area contributed by atoms with Crippen LogP contribution in [0, 0.1) is 6.92 Å². The van der Waals surface area contributed by atoms with Gasteiger partial charge in [0.05, 0.1) is 5.52 Å². The molecule has 2 aromatic rings. The van der Waals surface area contributed by atoms with E-state index in [1.54, 1.807) is 6.26 Å². The molecule has 0 amide bonds. The monoisotopic (exact) mass is 322 g/mol. The van der Waals surface area contributed by atoms with E-state index in [1.807, 2.05) is 6.20 Å². The number of hydrogen-bond donors (Lipinski definition) is 1. The summed E-state index contributed by atoms with van der Waals surface area (Å²) in [7, 11) is -0.686. The Kier molecular flexibility index (Phi) is 5.94. The van der Waals surface area contributed by atoms with E-state index < -0.39 is 10.8 Å². The van der Waals surface area contributed by atoms with Crippen molar-refractivity contribution in [1.29, 1.82) is 0 Å². The van der Waals surface area contributed by atoms with Crippen LogP contribution in [0.2, 0.25) is 0 Å². The Morgan fingerprint density at radius 1 is 1.32 bits per heavy atom. The number of anilines is 1. The van der Waals surface area contributed by atoms with Crippen LogP contribution in [0.5, 0.6) is 0 Å². The van der Waals surface area contributed by atoms with Crippen LogP contribution in [0.25, 0.3) is 11.0 Å². The third-order valence-electron chi connectivity index (χ3n) is 3.85. The summed E-state index contributed by atoms with van der Waals surface area (Å²) in [4.78, 5) is 8.94. The number of hydrogen-bond acceptors (Lipinski definition) is 4. The Morgan fingerprint density at radius 2 is 2.09 bits per heavy atom. The van der Waals surface area contributed by atoms with E-state index in [-0.39, 0.29) is 0 Å². The van der Waals surface area contributed by atoms with Crippen molar-refractivity contribution in [2.45, 2.75) is 52.5 Å². The third kappa shape index (κ3) is 3.85. The maximum absolute atomic E-state index is 11.1. The number of nitrogen functional groups attached to an aromatic ring is 1. The fourth-order valence-electron chi connectivity index (χ4n) is 2.77. The molecule has 0 radical (unpaired) electrons. The highest BCUT2D eigenvalue weighted by atomic mass is 32.2. The van der Waals surface area contributed by atoms with Gasteiger partial charge in [-0.15, -0.1) is 0 Å². The van der Waals surface area contributed by atoms with Crippen molar-refractivity contribution >= 4 is 27.7 Å². The first-order valence-electron chi connectivity index (χ1n) is 7.94. The molecule has 0 aromatic carbocycles. The highest BCUT2D eigenvalue weighted by Gasteiger charge is 2.14. The highest BCUT2D eigenvalue weighted by Crippen LogP contribution is 2.24. The van der Waals surface area contributed by atoms with Gasteiger partial charge in [-0.25, -0.2) is 9.97 Å². The molecule has 0 aliphatic carbocycles. The molecule has 6 heteroatoms. The largest absolute Gasteiger partial charge is 0.382 e. The Labute approximate surface area is 134 Å². The standard InChI is InChI=1S/C16H26N4OS/c1-4-8-13-19-14-15(12(2)11-18-16(14)17)20(13)9-6-5-7-10-22(3)21/h11H,4-10H2,1-3H3,(H2,17,18). The van der Waals surface area contributed by atoms with E-state index in [1.165, 1.54) is 0 Å². The van der Waals surface area contributed by atoms with Gasteiger partial charge in [0.25, 0.3) is 0 Å².